The third-order valence-electron chi connectivity index (χ3n) is 4.30. The Hall–Kier alpha value is -1.62. The zero-order chi connectivity index (χ0) is 17.2. The van der Waals surface area contributed by atoms with Crippen molar-refractivity contribution in [1.29, 1.82) is 0 Å². The molecular weight excluding hydrogens is 320 g/mol. The number of hydrogen-bond donors (Lipinski definition) is 2. The molecule has 1 aliphatic rings. The van der Waals surface area contributed by atoms with Gasteiger partial charge in [0.15, 0.2) is 5.11 Å². The van der Waals surface area contributed by atoms with Gasteiger partial charge in [-0.25, -0.2) is 0 Å². The lowest BCUT2D eigenvalue weighted by Crippen LogP contribution is -2.44. The van der Waals surface area contributed by atoms with Crippen molar-refractivity contribution in [2.45, 2.75) is 64.3 Å². The van der Waals surface area contributed by atoms with Crippen LogP contribution in [0.3, 0.4) is 0 Å². The van der Waals surface area contributed by atoms with E-state index in [4.69, 9.17) is 17.0 Å². The quantitative estimate of drug-likeness (QED) is 0.460. The molecule has 0 radical (unpaired) electrons. The minimum Gasteiger partial charge on any atom is -0.493 e. The van der Waals surface area contributed by atoms with Crippen molar-refractivity contribution < 1.29 is 9.53 Å². The molecule has 5 heteroatoms. The smallest absolute Gasteiger partial charge is 0.261 e. The molecule has 0 aromatic heterocycles. The highest BCUT2D eigenvalue weighted by Crippen LogP contribution is 2.19. The predicted octanol–water partition coefficient (Wildman–Crippen LogP) is 4.19. The summed E-state index contributed by atoms with van der Waals surface area (Å²) in [5.41, 5.74) is 0.526. The molecule has 2 N–H and O–H groups in total. The first-order valence-electron chi connectivity index (χ1n) is 9.04. The Labute approximate surface area is 150 Å². The molecule has 0 spiro atoms. The van der Waals surface area contributed by atoms with Crippen molar-refractivity contribution >= 4 is 23.2 Å². The Morgan fingerprint density at radius 1 is 1.21 bits per heavy atom. The average molecular weight is 349 g/mol. The van der Waals surface area contributed by atoms with E-state index in [-0.39, 0.29) is 5.91 Å². The van der Waals surface area contributed by atoms with E-state index < -0.39 is 0 Å². The van der Waals surface area contributed by atoms with E-state index in [0.29, 0.717) is 29.1 Å². The van der Waals surface area contributed by atoms with Gasteiger partial charge >= 0.3 is 0 Å². The number of ether oxygens (including phenoxy) is 1. The molecule has 2 rings (SSSR count). The molecule has 1 aliphatic carbocycles. The number of carbonyl (C=O) groups is 1. The summed E-state index contributed by atoms with van der Waals surface area (Å²) < 4.78 is 5.72. The van der Waals surface area contributed by atoms with Crippen LogP contribution < -0.4 is 15.4 Å². The largest absolute Gasteiger partial charge is 0.493 e. The van der Waals surface area contributed by atoms with Crippen molar-refractivity contribution in [1.82, 2.24) is 10.6 Å². The molecule has 0 unspecified atom stereocenters. The van der Waals surface area contributed by atoms with Crippen LogP contribution in [0.25, 0.3) is 0 Å². The highest BCUT2D eigenvalue weighted by molar-refractivity contribution is 7.80. The van der Waals surface area contributed by atoms with Gasteiger partial charge in [-0.2, -0.15) is 0 Å². The van der Waals surface area contributed by atoms with Gasteiger partial charge in [0.1, 0.15) is 5.75 Å². The molecule has 1 fully saturated rings. The average Bonchev–Trinajstić information content (AvgIpc) is 2.84. The van der Waals surface area contributed by atoms with E-state index in [0.717, 1.165) is 25.7 Å². The number of unbranched alkanes of at least 4 members (excludes halogenated alkanes) is 1. The summed E-state index contributed by atoms with van der Waals surface area (Å²) in [6.45, 7) is 2.73. The number of thiocarbonyl (C=S) groups is 1. The maximum Gasteiger partial charge on any atom is 0.261 e. The summed E-state index contributed by atoms with van der Waals surface area (Å²) >= 11 is 5.32. The van der Waals surface area contributed by atoms with Gasteiger partial charge in [0.2, 0.25) is 0 Å². The minimum atomic E-state index is -0.215. The lowest BCUT2D eigenvalue weighted by molar-refractivity contribution is 0.0972. The Morgan fingerprint density at radius 3 is 2.62 bits per heavy atom. The summed E-state index contributed by atoms with van der Waals surface area (Å²) in [7, 11) is 0. The second kappa shape index (κ2) is 10.3. The topological polar surface area (TPSA) is 50.4 Å². The number of amides is 1. The first-order chi connectivity index (χ1) is 11.7. The first-order valence-corrected chi connectivity index (χ1v) is 9.45. The van der Waals surface area contributed by atoms with Crippen LogP contribution in [-0.2, 0) is 0 Å². The summed E-state index contributed by atoms with van der Waals surface area (Å²) in [5, 5.41) is 6.50. The van der Waals surface area contributed by atoms with Gasteiger partial charge in [-0.15, -0.1) is 0 Å². The molecule has 1 amide bonds. The predicted molar refractivity (Wildman–Crippen MR) is 102 cm³/mol. The van der Waals surface area contributed by atoms with Crippen LogP contribution in [-0.4, -0.2) is 23.7 Å². The molecule has 1 saturated carbocycles. The third kappa shape index (κ3) is 6.11. The fourth-order valence-electron chi connectivity index (χ4n) is 2.92. The molecule has 0 heterocycles. The second-order valence-electron chi connectivity index (χ2n) is 6.31. The van der Waals surface area contributed by atoms with E-state index in [2.05, 4.69) is 17.6 Å². The molecular formula is C19H28N2O2S. The summed E-state index contributed by atoms with van der Waals surface area (Å²) in [4.78, 5) is 12.5. The maximum atomic E-state index is 12.5. The van der Waals surface area contributed by atoms with E-state index in [9.17, 15) is 4.79 Å². The lowest BCUT2D eigenvalue weighted by Gasteiger charge is -2.19. The van der Waals surface area contributed by atoms with Gasteiger partial charge in [-0.05, 0) is 43.6 Å². The van der Waals surface area contributed by atoms with Crippen LogP contribution in [0.5, 0.6) is 5.75 Å². The van der Waals surface area contributed by atoms with Gasteiger partial charge in [0.25, 0.3) is 5.91 Å². The van der Waals surface area contributed by atoms with Crippen LogP contribution in [0, 0.1) is 0 Å². The van der Waals surface area contributed by atoms with Gasteiger partial charge in [-0.3, -0.25) is 10.1 Å². The van der Waals surface area contributed by atoms with E-state index in [1.165, 1.54) is 25.7 Å². The van der Waals surface area contributed by atoms with Crippen molar-refractivity contribution in [3.8, 4) is 5.75 Å². The van der Waals surface area contributed by atoms with E-state index in [1.54, 1.807) is 6.07 Å². The molecule has 4 nitrogen and oxygen atoms in total. The number of benzene rings is 1. The Bertz CT molecular complexity index is 540. The van der Waals surface area contributed by atoms with Crippen LogP contribution in [0.15, 0.2) is 24.3 Å². The summed E-state index contributed by atoms with van der Waals surface area (Å²) in [6, 6.07) is 7.68. The standard InChI is InChI=1S/C19H28N2O2S/c1-2-3-14-23-17-13-9-8-12-16(17)18(22)21-19(24)20-15-10-6-4-5-7-11-15/h8-9,12-13,15H,2-7,10-11,14H2,1H3,(H2,20,21,22,24). The normalized spacial score (nSPS) is 15.4. The Morgan fingerprint density at radius 2 is 1.92 bits per heavy atom. The zero-order valence-electron chi connectivity index (χ0n) is 14.5. The fraction of sp³-hybridized carbons (Fsp3) is 0.579. The highest BCUT2D eigenvalue weighted by atomic mass is 32.1. The molecule has 1 aromatic carbocycles. The Balaban J connectivity index is 1.90. The summed E-state index contributed by atoms with van der Waals surface area (Å²) in [5.74, 6) is 0.397. The molecule has 0 bridgehead atoms. The molecule has 0 aliphatic heterocycles. The zero-order valence-corrected chi connectivity index (χ0v) is 15.3. The van der Waals surface area contributed by atoms with Crippen LogP contribution >= 0.6 is 12.2 Å². The fourth-order valence-corrected chi connectivity index (χ4v) is 3.18. The van der Waals surface area contributed by atoms with Crippen LogP contribution in [0.2, 0.25) is 0 Å². The van der Waals surface area contributed by atoms with Crippen LogP contribution in [0.4, 0.5) is 0 Å². The van der Waals surface area contributed by atoms with E-state index in [1.807, 2.05) is 18.2 Å². The van der Waals surface area contributed by atoms with Gasteiger partial charge in [-0.1, -0.05) is 51.2 Å². The van der Waals surface area contributed by atoms with Crippen LogP contribution in [0.1, 0.15) is 68.6 Å². The van der Waals surface area contributed by atoms with E-state index >= 15 is 0 Å². The lowest BCUT2D eigenvalue weighted by atomic mass is 10.1. The second-order valence-corrected chi connectivity index (χ2v) is 6.72. The van der Waals surface area contributed by atoms with Crippen molar-refractivity contribution in [3.63, 3.8) is 0 Å². The number of para-hydroxylation sites is 1. The molecule has 0 saturated heterocycles. The number of rotatable bonds is 6. The van der Waals surface area contributed by atoms with Gasteiger partial charge in [0, 0.05) is 6.04 Å². The van der Waals surface area contributed by atoms with Gasteiger partial charge < -0.3 is 10.1 Å². The number of nitrogens with one attached hydrogen (secondary N) is 2. The molecule has 1 aromatic rings. The number of carbonyl (C=O) groups excluding carboxylic acids is 1. The maximum absolute atomic E-state index is 12.5. The van der Waals surface area contributed by atoms with Gasteiger partial charge in [0.05, 0.1) is 12.2 Å². The minimum absolute atomic E-state index is 0.215. The van der Waals surface area contributed by atoms with Crippen molar-refractivity contribution in [2.75, 3.05) is 6.61 Å². The molecule has 132 valence electrons. The third-order valence-corrected chi connectivity index (χ3v) is 4.52. The molecule has 0 atom stereocenters. The van der Waals surface area contributed by atoms with Crippen molar-refractivity contribution in [2.24, 2.45) is 0 Å². The highest BCUT2D eigenvalue weighted by Gasteiger charge is 2.16. The molecule has 24 heavy (non-hydrogen) atoms. The SMILES string of the molecule is CCCCOc1ccccc1C(=O)NC(=S)NC1CCCCCC1. The van der Waals surface area contributed by atoms with Crippen molar-refractivity contribution in [3.05, 3.63) is 29.8 Å². The first kappa shape index (κ1) is 18.7. The summed E-state index contributed by atoms with van der Waals surface area (Å²) in [6.07, 6.45) is 9.30. The Kier molecular flexibility index (Phi) is 8.02. The monoisotopic (exact) mass is 348 g/mol. The number of hydrogen-bond acceptors (Lipinski definition) is 3.